The van der Waals surface area contributed by atoms with Crippen LogP contribution in [0.4, 0.5) is 0 Å². The van der Waals surface area contributed by atoms with Gasteiger partial charge < -0.3 is 16.3 Å². The summed E-state index contributed by atoms with van der Waals surface area (Å²) < 4.78 is 0. The molecule has 0 heterocycles. The number of carbonyl (C=O) groups excluding carboxylic acids is 1. The highest BCUT2D eigenvalue weighted by atomic mass is 16.4. The predicted molar refractivity (Wildman–Crippen MR) is 52.9 cm³/mol. The molecule has 0 aromatic rings. The van der Waals surface area contributed by atoms with Crippen molar-refractivity contribution in [1.29, 1.82) is 0 Å². The van der Waals surface area contributed by atoms with Gasteiger partial charge in [0.1, 0.15) is 0 Å². The zero-order valence-electron chi connectivity index (χ0n) is 8.53. The summed E-state index contributed by atoms with van der Waals surface area (Å²) in [6, 6.07) is -0.409. The van der Waals surface area contributed by atoms with Crippen molar-refractivity contribution in [3.8, 4) is 0 Å². The van der Waals surface area contributed by atoms with Crippen molar-refractivity contribution in [3.63, 3.8) is 0 Å². The van der Waals surface area contributed by atoms with Crippen LogP contribution < -0.4 is 11.1 Å². The summed E-state index contributed by atoms with van der Waals surface area (Å²) in [6.07, 6.45) is 2.26. The second-order valence-electron chi connectivity index (χ2n) is 3.88. The second kappa shape index (κ2) is 4.30. The molecule has 0 spiro atoms. The molecule has 5 nitrogen and oxygen atoms in total. The predicted octanol–water partition coefficient (Wildman–Crippen LogP) is 0.284. The van der Waals surface area contributed by atoms with Crippen LogP contribution in [0.25, 0.3) is 0 Å². The summed E-state index contributed by atoms with van der Waals surface area (Å²) >= 11 is 0. The molecule has 1 aliphatic rings. The molecule has 1 aliphatic carbocycles. The Morgan fingerprint density at radius 3 is 2.57 bits per heavy atom. The number of rotatable bonds is 4. The van der Waals surface area contributed by atoms with Crippen molar-refractivity contribution in [2.75, 3.05) is 0 Å². The highest BCUT2D eigenvalue weighted by molar-refractivity contribution is 5.90. The van der Waals surface area contributed by atoms with Gasteiger partial charge in [0, 0.05) is 5.92 Å². The van der Waals surface area contributed by atoms with E-state index < -0.39 is 6.04 Å². The molecule has 1 fully saturated rings. The average molecular weight is 199 g/mol. The Labute approximate surface area is 83.3 Å². The molecule has 1 amide bonds. The lowest BCUT2D eigenvalue weighted by Crippen LogP contribution is -2.44. The van der Waals surface area contributed by atoms with Gasteiger partial charge in [0.25, 0.3) is 0 Å². The lowest BCUT2D eigenvalue weighted by atomic mass is 10.1. The summed E-state index contributed by atoms with van der Waals surface area (Å²) in [4.78, 5) is 11.6. The van der Waals surface area contributed by atoms with Crippen LogP contribution in [0.3, 0.4) is 0 Å². The number of oxime groups is 1. The smallest absolute Gasteiger partial charge is 0.223 e. The number of amidine groups is 1. The van der Waals surface area contributed by atoms with E-state index in [0.29, 0.717) is 5.92 Å². The molecule has 80 valence electrons. The fourth-order valence-corrected chi connectivity index (χ4v) is 1.32. The molecule has 0 aromatic heterocycles. The van der Waals surface area contributed by atoms with Gasteiger partial charge in [-0.15, -0.1) is 0 Å². The van der Waals surface area contributed by atoms with Gasteiger partial charge in [0.05, 0.1) is 6.04 Å². The van der Waals surface area contributed by atoms with Crippen LogP contribution in [0, 0.1) is 11.8 Å². The summed E-state index contributed by atoms with van der Waals surface area (Å²) in [5.41, 5.74) is 5.34. The Morgan fingerprint density at radius 1 is 1.57 bits per heavy atom. The lowest BCUT2D eigenvalue weighted by molar-refractivity contribution is -0.125. The second-order valence-corrected chi connectivity index (χ2v) is 3.88. The van der Waals surface area contributed by atoms with Crippen LogP contribution in [0.5, 0.6) is 0 Å². The standard InChI is InChI=1S/C9H17N3O2/c1-5(7-3-4-7)9(13)11-6(2)8(10)12-14/h5-7,14H,3-4H2,1-2H3,(H2,10,12)(H,11,13). The van der Waals surface area contributed by atoms with Crippen LogP contribution in [-0.2, 0) is 4.79 Å². The summed E-state index contributed by atoms with van der Waals surface area (Å²) in [6.45, 7) is 3.60. The Hall–Kier alpha value is -1.26. The van der Waals surface area contributed by atoms with Crippen LogP contribution >= 0.6 is 0 Å². The molecular formula is C9H17N3O2. The van der Waals surface area contributed by atoms with Gasteiger partial charge in [0.15, 0.2) is 5.84 Å². The highest BCUT2D eigenvalue weighted by Crippen LogP contribution is 2.36. The zero-order chi connectivity index (χ0) is 10.7. The third-order valence-corrected chi connectivity index (χ3v) is 2.66. The van der Waals surface area contributed by atoms with Gasteiger partial charge in [-0.1, -0.05) is 12.1 Å². The first-order valence-electron chi connectivity index (χ1n) is 4.84. The third-order valence-electron chi connectivity index (χ3n) is 2.66. The van der Waals surface area contributed by atoms with E-state index in [4.69, 9.17) is 10.9 Å². The molecule has 0 aliphatic heterocycles. The highest BCUT2D eigenvalue weighted by Gasteiger charge is 2.33. The van der Waals surface area contributed by atoms with E-state index in [1.807, 2.05) is 6.92 Å². The quantitative estimate of drug-likeness (QED) is 0.263. The van der Waals surface area contributed by atoms with E-state index in [-0.39, 0.29) is 17.7 Å². The number of amides is 1. The van der Waals surface area contributed by atoms with Crippen molar-refractivity contribution in [1.82, 2.24) is 5.32 Å². The molecule has 14 heavy (non-hydrogen) atoms. The Kier molecular flexibility index (Phi) is 3.33. The maximum absolute atomic E-state index is 11.6. The molecule has 1 rings (SSSR count). The minimum atomic E-state index is -0.409. The van der Waals surface area contributed by atoms with E-state index in [0.717, 1.165) is 12.8 Å². The van der Waals surface area contributed by atoms with Gasteiger partial charge in [0.2, 0.25) is 5.91 Å². The van der Waals surface area contributed by atoms with Crippen LogP contribution in [0.15, 0.2) is 5.16 Å². The van der Waals surface area contributed by atoms with E-state index in [1.165, 1.54) is 0 Å². The van der Waals surface area contributed by atoms with Gasteiger partial charge in [-0.25, -0.2) is 0 Å². The van der Waals surface area contributed by atoms with Crippen molar-refractivity contribution < 1.29 is 10.0 Å². The molecule has 0 aromatic carbocycles. The van der Waals surface area contributed by atoms with Crippen LogP contribution in [0.1, 0.15) is 26.7 Å². The maximum atomic E-state index is 11.6. The molecule has 2 atom stereocenters. The van der Waals surface area contributed by atoms with Crippen molar-refractivity contribution in [2.24, 2.45) is 22.7 Å². The van der Waals surface area contributed by atoms with Crippen molar-refractivity contribution >= 4 is 11.7 Å². The molecule has 1 saturated carbocycles. The first-order chi connectivity index (χ1) is 6.56. The lowest BCUT2D eigenvalue weighted by Gasteiger charge is -2.15. The SMILES string of the molecule is CC(NC(=O)C(C)C1CC1)C(N)=NO. The van der Waals surface area contributed by atoms with Gasteiger partial charge >= 0.3 is 0 Å². The summed E-state index contributed by atoms with van der Waals surface area (Å²) in [5.74, 6) is 0.561. The fraction of sp³-hybridized carbons (Fsp3) is 0.778. The Balaban J connectivity index is 2.39. The Morgan fingerprint density at radius 2 is 2.14 bits per heavy atom. The first kappa shape index (κ1) is 10.8. The van der Waals surface area contributed by atoms with Crippen molar-refractivity contribution in [2.45, 2.75) is 32.7 Å². The molecule has 2 unspecified atom stereocenters. The zero-order valence-corrected chi connectivity index (χ0v) is 8.53. The molecule has 0 radical (unpaired) electrons. The number of nitrogens with two attached hydrogens (primary N) is 1. The average Bonchev–Trinajstić information content (AvgIpc) is 2.98. The molecule has 0 bridgehead atoms. The third kappa shape index (κ3) is 2.61. The van der Waals surface area contributed by atoms with E-state index >= 15 is 0 Å². The first-order valence-corrected chi connectivity index (χ1v) is 4.84. The normalized spacial score (nSPS) is 21.4. The van der Waals surface area contributed by atoms with Crippen molar-refractivity contribution in [3.05, 3.63) is 0 Å². The Bertz CT molecular complexity index is 248. The fourth-order valence-electron chi connectivity index (χ4n) is 1.32. The van der Waals surface area contributed by atoms with Gasteiger partial charge in [-0.05, 0) is 25.7 Å². The summed E-state index contributed by atoms with van der Waals surface area (Å²) in [5, 5.41) is 13.9. The number of hydrogen-bond donors (Lipinski definition) is 3. The molecule has 0 saturated heterocycles. The molecule has 5 heteroatoms. The number of carbonyl (C=O) groups is 1. The van der Waals surface area contributed by atoms with Crippen LogP contribution in [-0.4, -0.2) is 23.0 Å². The van der Waals surface area contributed by atoms with E-state index in [2.05, 4.69) is 10.5 Å². The molecular weight excluding hydrogens is 182 g/mol. The van der Waals surface area contributed by atoms with Crippen LogP contribution in [0.2, 0.25) is 0 Å². The monoisotopic (exact) mass is 199 g/mol. The number of nitrogens with one attached hydrogen (secondary N) is 1. The minimum absolute atomic E-state index is 0.0217. The topological polar surface area (TPSA) is 87.7 Å². The largest absolute Gasteiger partial charge is 0.409 e. The van der Waals surface area contributed by atoms with E-state index in [1.54, 1.807) is 6.92 Å². The molecule has 4 N–H and O–H groups in total. The van der Waals surface area contributed by atoms with Gasteiger partial charge in [-0.3, -0.25) is 4.79 Å². The number of hydrogen-bond acceptors (Lipinski definition) is 3. The maximum Gasteiger partial charge on any atom is 0.223 e. The number of nitrogens with zero attached hydrogens (tertiary/aromatic N) is 1. The van der Waals surface area contributed by atoms with E-state index in [9.17, 15) is 4.79 Å². The van der Waals surface area contributed by atoms with Gasteiger partial charge in [-0.2, -0.15) is 0 Å². The minimum Gasteiger partial charge on any atom is -0.409 e. The summed E-state index contributed by atoms with van der Waals surface area (Å²) in [7, 11) is 0.